The predicted molar refractivity (Wildman–Crippen MR) is 117 cm³/mol. The minimum Gasteiger partial charge on any atom is -0.442 e. The summed E-state index contributed by atoms with van der Waals surface area (Å²) in [5.41, 5.74) is 4.54. The van der Waals surface area contributed by atoms with Crippen LogP contribution in [0.4, 0.5) is 10.5 Å². The molecule has 1 aliphatic carbocycles. The smallest absolute Gasteiger partial charge is 0.415 e. The first kappa shape index (κ1) is 18.8. The third kappa shape index (κ3) is 2.55. The van der Waals surface area contributed by atoms with E-state index in [2.05, 4.69) is 33.8 Å². The first-order valence-electron chi connectivity index (χ1n) is 11.2. The van der Waals surface area contributed by atoms with Crippen LogP contribution in [0, 0.1) is 23.2 Å². The van der Waals surface area contributed by atoms with Gasteiger partial charge >= 0.3 is 6.09 Å². The summed E-state index contributed by atoms with van der Waals surface area (Å²) >= 11 is 0. The van der Waals surface area contributed by atoms with Crippen LogP contribution in [0.3, 0.4) is 0 Å². The van der Waals surface area contributed by atoms with E-state index in [4.69, 9.17) is 9.72 Å². The van der Waals surface area contributed by atoms with Gasteiger partial charge in [0.1, 0.15) is 11.5 Å². The fourth-order valence-electron chi connectivity index (χ4n) is 6.08. The minimum absolute atomic E-state index is 0.0502. The molecule has 1 amide bonds. The Morgan fingerprint density at radius 3 is 2.79 bits per heavy atom. The Bertz CT molecular complexity index is 1290. The summed E-state index contributed by atoms with van der Waals surface area (Å²) in [6, 6.07) is 12.7. The van der Waals surface area contributed by atoms with Crippen molar-refractivity contribution >= 4 is 11.8 Å². The van der Waals surface area contributed by atoms with Gasteiger partial charge in [0, 0.05) is 42.9 Å². The number of aromatic nitrogens is 4. The first-order chi connectivity index (χ1) is 16.2. The van der Waals surface area contributed by atoms with E-state index in [0.29, 0.717) is 18.4 Å². The third-order valence-corrected chi connectivity index (χ3v) is 7.80. The van der Waals surface area contributed by atoms with Crippen molar-refractivity contribution in [3.8, 4) is 17.2 Å². The summed E-state index contributed by atoms with van der Waals surface area (Å²) in [6.07, 6.45) is 5.41. The number of pyridine rings is 1. The minimum atomic E-state index is -0.425. The van der Waals surface area contributed by atoms with Gasteiger partial charge in [-0.15, -0.1) is 5.10 Å². The van der Waals surface area contributed by atoms with Crippen molar-refractivity contribution in [2.45, 2.75) is 30.5 Å². The van der Waals surface area contributed by atoms with Crippen LogP contribution in [0.25, 0.3) is 11.1 Å². The molecule has 33 heavy (non-hydrogen) atoms. The average molecular weight is 439 g/mol. The number of piperidine rings is 1. The lowest BCUT2D eigenvalue weighted by atomic mass is 9.95. The van der Waals surface area contributed by atoms with Crippen LogP contribution in [-0.2, 0) is 23.1 Å². The lowest BCUT2D eigenvalue weighted by Crippen LogP contribution is -2.35. The van der Waals surface area contributed by atoms with E-state index in [-0.39, 0.29) is 18.2 Å². The zero-order chi connectivity index (χ0) is 22.2. The molecule has 0 radical (unpaired) electrons. The number of rotatable bonds is 4. The Balaban J connectivity index is 1.15. The van der Waals surface area contributed by atoms with Crippen LogP contribution in [0.5, 0.6) is 0 Å². The summed E-state index contributed by atoms with van der Waals surface area (Å²) in [6.45, 7) is 2.27. The third-order valence-electron chi connectivity index (χ3n) is 7.80. The number of hydrogen-bond donors (Lipinski definition) is 1. The lowest BCUT2D eigenvalue weighted by molar-refractivity contribution is 0.117. The largest absolute Gasteiger partial charge is 0.442 e. The number of ether oxygens (including phenoxy) is 1. The van der Waals surface area contributed by atoms with Gasteiger partial charge in [-0.25, -0.2) is 9.48 Å². The molecule has 0 bridgehead atoms. The van der Waals surface area contributed by atoms with Gasteiger partial charge in [-0.1, -0.05) is 17.3 Å². The maximum absolute atomic E-state index is 12.6. The van der Waals surface area contributed by atoms with Gasteiger partial charge in [-0.2, -0.15) is 5.26 Å². The Hall–Kier alpha value is -3.77. The van der Waals surface area contributed by atoms with Crippen LogP contribution in [0.2, 0.25) is 0 Å². The summed E-state index contributed by atoms with van der Waals surface area (Å²) < 4.78 is 7.32. The number of carbonyl (C=O) groups is 1. The molecule has 7 rings (SSSR count). The normalized spacial score (nSPS) is 31.0. The molecular weight excluding hydrogens is 418 g/mol. The molecule has 5 atom stereocenters. The molecule has 5 heterocycles. The molecule has 1 N–H and O–H groups in total. The maximum atomic E-state index is 12.6. The molecule has 3 aromatic rings. The highest BCUT2D eigenvalue weighted by Gasteiger charge is 2.69. The van der Waals surface area contributed by atoms with Crippen LogP contribution < -0.4 is 10.2 Å². The quantitative estimate of drug-likeness (QED) is 0.661. The monoisotopic (exact) mass is 439 g/mol. The van der Waals surface area contributed by atoms with Gasteiger partial charge in [0.2, 0.25) is 0 Å². The number of nitrogens with one attached hydrogen (secondary N) is 1. The van der Waals surface area contributed by atoms with E-state index in [9.17, 15) is 10.1 Å². The highest BCUT2D eigenvalue weighted by atomic mass is 16.6. The number of hydrogen-bond acceptors (Lipinski definition) is 7. The van der Waals surface area contributed by atoms with Gasteiger partial charge in [0.15, 0.2) is 0 Å². The van der Waals surface area contributed by atoms with E-state index in [0.717, 1.165) is 47.6 Å². The number of benzene rings is 1. The highest BCUT2D eigenvalue weighted by molar-refractivity contribution is 5.94. The summed E-state index contributed by atoms with van der Waals surface area (Å²) in [7, 11) is 0. The van der Waals surface area contributed by atoms with Crippen molar-refractivity contribution in [2.75, 3.05) is 18.0 Å². The van der Waals surface area contributed by atoms with Crippen molar-refractivity contribution < 1.29 is 9.53 Å². The second kappa shape index (κ2) is 6.62. The number of carbonyl (C=O) groups excluding carboxylic acids is 1. The lowest BCUT2D eigenvalue weighted by Gasteiger charge is -2.16. The molecule has 1 saturated carbocycles. The molecule has 4 aliphatic rings. The molecule has 1 aromatic carbocycles. The molecule has 2 aromatic heterocycles. The second-order valence-electron chi connectivity index (χ2n) is 9.32. The molecule has 0 spiro atoms. The zero-order valence-electron chi connectivity index (χ0n) is 17.8. The molecular formula is C24H21N7O2. The molecule has 164 valence electrons. The van der Waals surface area contributed by atoms with Crippen molar-refractivity contribution in [3.05, 3.63) is 60.2 Å². The molecule has 3 aliphatic heterocycles. The average Bonchev–Trinajstić information content (AvgIpc) is 3.44. The van der Waals surface area contributed by atoms with Gasteiger partial charge < -0.3 is 10.1 Å². The Labute approximate surface area is 190 Å². The van der Waals surface area contributed by atoms with E-state index >= 15 is 0 Å². The molecule has 9 heteroatoms. The number of cyclic esters (lactones) is 1. The summed E-state index contributed by atoms with van der Waals surface area (Å²) in [5.74, 6) is 0.749. The van der Waals surface area contributed by atoms with Crippen LogP contribution in [-0.4, -0.2) is 51.3 Å². The Morgan fingerprint density at radius 1 is 1.21 bits per heavy atom. The Morgan fingerprint density at radius 2 is 2.06 bits per heavy atom. The highest BCUT2D eigenvalue weighted by Crippen LogP contribution is 2.60. The zero-order valence-corrected chi connectivity index (χ0v) is 17.8. The fourth-order valence-corrected chi connectivity index (χ4v) is 6.08. The number of amides is 1. The van der Waals surface area contributed by atoms with Crippen molar-refractivity contribution in [2.24, 2.45) is 11.8 Å². The fraction of sp³-hybridized carbons (Fsp3) is 0.375. The number of nitriles is 1. The van der Waals surface area contributed by atoms with Gasteiger partial charge in [0.05, 0.1) is 36.2 Å². The number of fused-ring (bicyclic) bond motifs is 4. The van der Waals surface area contributed by atoms with E-state index < -0.39 is 5.41 Å². The summed E-state index contributed by atoms with van der Waals surface area (Å²) in [5, 5.41) is 21.0. The Kier molecular flexibility index (Phi) is 3.77. The molecule has 2 saturated heterocycles. The standard InChI is InChI=1S/C24H21N7O2/c25-13-24(17-10-26-11-18(17)24)22-4-2-15(9-27-22)14-1-3-19-16(7-14)8-20-21(33-23(32)31(19)20)12-30-6-5-28-29-30/h1-7,9,17-18,20-21,26H,8,10-12H2/t17-,18+,20-,21-,24?/m0/s1. The van der Waals surface area contributed by atoms with E-state index in [1.54, 1.807) is 22.0 Å². The van der Waals surface area contributed by atoms with Crippen molar-refractivity contribution in [3.63, 3.8) is 0 Å². The first-order valence-corrected chi connectivity index (χ1v) is 11.2. The topological polar surface area (TPSA) is 109 Å². The van der Waals surface area contributed by atoms with Crippen LogP contribution in [0.1, 0.15) is 11.3 Å². The van der Waals surface area contributed by atoms with Crippen molar-refractivity contribution in [1.29, 1.82) is 5.26 Å². The van der Waals surface area contributed by atoms with Crippen LogP contribution in [0.15, 0.2) is 48.9 Å². The van der Waals surface area contributed by atoms with Crippen molar-refractivity contribution in [1.82, 2.24) is 25.3 Å². The second-order valence-corrected chi connectivity index (χ2v) is 9.32. The van der Waals surface area contributed by atoms with E-state index in [1.807, 2.05) is 24.4 Å². The predicted octanol–water partition coefficient (Wildman–Crippen LogP) is 1.90. The number of nitrogens with zero attached hydrogens (tertiary/aromatic N) is 6. The molecule has 9 nitrogen and oxygen atoms in total. The maximum Gasteiger partial charge on any atom is 0.415 e. The molecule has 3 fully saturated rings. The summed E-state index contributed by atoms with van der Waals surface area (Å²) in [4.78, 5) is 19.0. The molecule has 1 unspecified atom stereocenters. The van der Waals surface area contributed by atoms with Gasteiger partial charge in [-0.05, 0) is 35.7 Å². The number of anilines is 1. The van der Waals surface area contributed by atoms with Crippen LogP contribution >= 0.6 is 0 Å². The van der Waals surface area contributed by atoms with E-state index in [1.165, 1.54) is 0 Å². The van der Waals surface area contributed by atoms with Gasteiger partial charge in [-0.3, -0.25) is 9.88 Å². The van der Waals surface area contributed by atoms with Gasteiger partial charge in [0.25, 0.3) is 0 Å². The SMILES string of the molecule is N#CC1(c2ccc(-c3ccc4c(c3)C[C@H]3[C@H](Cn5ccnn5)OC(=O)N43)cn2)[C@@H]2CNC[C@@H]21.